The average molecular weight is 558 g/mol. The van der Waals surface area contributed by atoms with Gasteiger partial charge in [-0.2, -0.15) is 12.1 Å². The third kappa shape index (κ3) is 6.60. The van der Waals surface area contributed by atoms with E-state index in [0.717, 1.165) is 12.8 Å². The van der Waals surface area contributed by atoms with Crippen molar-refractivity contribution in [3.63, 3.8) is 0 Å². The van der Waals surface area contributed by atoms with Crippen molar-refractivity contribution in [2.45, 2.75) is 33.6 Å². The van der Waals surface area contributed by atoms with Crippen LogP contribution in [0.5, 0.6) is 0 Å². The molecule has 182 valence electrons. The molecule has 0 aromatic heterocycles. The summed E-state index contributed by atoms with van der Waals surface area (Å²) in [7, 11) is 0. The van der Waals surface area contributed by atoms with Gasteiger partial charge in [-0.05, 0) is 24.0 Å². The fourth-order valence-electron chi connectivity index (χ4n) is 4.74. The summed E-state index contributed by atoms with van der Waals surface area (Å²) >= 11 is 1.51. The third-order valence-corrected chi connectivity index (χ3v) is 6.61. The molecule has 6 aromatic rings. The topological polar surface area (TPSA) is 0 Å². The molecule has 1 heteroatoms. The van der Waals surface area contributed by atoms with E-state index in [2.05, 4.69) is 139 Å². The zero-order valence-corrected chi connectivity index (χ0v) is 24.5. The summed E-state index contributed by atoms with van der Waals surface area (Å²) in [5.41, 5.74) is 8.11. The molecule has 0 radical (unpaired) electrons. The Morgan fingerprint density at radius 3 is 1.30 bits per heavy atom. The van der Waals surface area contributed by atoms with Crippen LogP contribution in [-0.2, 0) is 37.1 Å². The summed E-state index contributed by atoms with van der Waals surface area (Å²) < 4.78 is 2.09. The number of benzene rings is 4. The van der Waals surface area contributed by atoms with Gasteiger partial charge in [-0.25, -0.2) is 0 Å². The molecule has 0 aliphatic heterocycles. The van der Waals surface area contributed by atoms with Gasteiger partial charge in [-0.3, -0.25) is 0 Å². The van der Waals surface area contributed by atoms with E-state index < -0.39 is 0 Å². The normalized spacial score (nSPS) is 10.4. The number of hydrogen-bond donors (Lipinski definition) is 0. The first kappa shape index (κ1) is 26.9. The molecule has 0 aliphatic carbocycles. The van der Waals surface area contributed by atoms with E-state index in [-0.39, 0.29) is 0 Å². The summed E-state index contributed by atoms with van der Waals surface area (Å²) in [4.78, 5) is 0. The van der Waals surface area contributed by atoms with E-state index in [9.17, 15) is 0 Å². The molecule has 6 rings (SSSR count). The molecule has 0 unspecified atom stereocenters. The molecule has 0 spiro atoms. The summed E-state index contributed by atoms with van der Waals surface area (Å²) in [5.74, 6) is 0. The van der Waals surface area contributed by atoms with Crippen LogP contribution in [0.15, 0.2) is 121 Å². The van der Waals surface area contributed by atoms with Crippen molar-refractivity contribution in [3.05, 3.63) is 132 Å². The van der Waals surface area contributed by atoms with Crippen molar-refractivity contribution < 1.29 is 24.2 Å². The molecule has 0 atom stereocenters. The van der Waals surface area contributed by atoms with Gasteiger partial charge < -0.3 is 0 Å². The SMILES string of the molecule is CCc1cc2c(-c3ccccc3)cccc2[cH-]1.CCc1cc2c(-c3ccccc3)cccc2[cH-]1.C[CH]=[Zr+2]. The van der Waals surface area contributed by atoms with Crippen LogP contribution in [0.3, 0.4) is 0 Å². The van der Waals surface area contributed by atoms with Gasteiger partial charge in [-0.1, -0.05) is 97.8 Å². The predicted octanol–water partition coefficient (Wildman–Crippen LogP) is 9.93. The zero-order valence-electron chi connectivity index (χ0n) is 22.0. The van der Waals surface area contributed by atoms with Crippen molar-refractivity contribution >= 4 is 25.3 Å². The van der Waals surface area contributed by atoms with E-state index in [1.807, 2.05) is 6.92 Å². The maximum absolute atomic E-state index is 2.32. The summed E-state index contributed by atoms with van der Waals surface area (Å²) in [6, 6.07) is 43.5. The second kappa shape index (κ2) is 13.4. The van der Waals surface area contributed by atoms with Crippen LogP contribution in [0.4, 0.5) is 0 Å². The molecule has 0 bridgehead atoms. The van der Waals surface area contributed by atoms with Gasteiger partial charge in [0.1, 0.15) is 0 Å². The standard InChI is InChI=1S/2C17H15.C2H4.Zr/c2*1-2-13-11-15-9-6-10-16(17(15)12-13)14-7-4-3-5-8-14;1-2;/h2*3-12H,2H2,1H3;1H,2H3;/q2*-1;;+2. The number of hydrogen-bond acceptors (Lipinski definition) is 0. The molecule has 0 aliphatic rings. The molecule has 0 amide bonds. The molecule has 0 saturated heterocycles. The molecule has 0 nitrogen and oxygen atoms in total. The van der Waals surface area contributed by atoms with Crippen LogP contribution in [0, 0.1) is 0 Å². The minimum atomic E-state index is 1.10. The Kier molecular flexibility index (Phi) is 9.75. The van der Waals surface area contributed by atoms with E-state index in [4.69, 9.17) is 0 Å². The summed E-state index contributed by atoms with van der Waals surface area (Å²) in [6.45, 7) is 6.45. The van der Waals surface area contributed by atoms with E-state index >= 15 is 0 Å². The van der Waals surface area contributed by atoms with Gasteiger partial charge in [0.2, 0.25) is 0 Å². The van der Waals surface area contributed by atoms with Crippen molar-refractivity contribution in [3.8, 4) is 22.3 Å². The predicted molar refractivity (Wildman–Crippen MR) is 160 cm³/mol. The van der Waals surface area contributed by atoms with Gasteiger partial charge in [0, 0.05) is 0 Å². The average Bonchev–Trinajstić information content (AvgIpc) is 3.58. The van der Waals surface area contributed by atoms with Crippen LogP contribution in [-0.4, -0.2) is 3.71 Å². The molecular formula is C36H34Zr. The first-order chi connectivity index (χ1) is 18.2. The number of aryl methyl sites for hydroxylation is 2. The van der Waals surface area contributed by atoms with E-state index in [0.29, 0.717) is 0 Å². The second-order valence-corrected chi connectivity index (χ2v) is 10.5. The van der Waals surface area contributed by atoms with Gasteiger partial charge in [-0.15, -0.1) is 69.1 Å². The molecule has 37 heavy (non-hydrogen) atoms. The zero-order chi connectivity index (χ0) is 26.0. The second-order valence-electron chi connectivity index (χ2n) is 9.07. The van der Waals surface area contributed by atoms with Gasteiger partial charge in [0.05, 0.1) is 0 Å². The van der Waals surface area contributed by atoms with Gasteiger partial charge in [0.25, 0.3) is 0 Å². The van der Waals surface area contributed by atoms with Crippen molar-refractivity contribution in [2.75, 3.05) is 0 Å². The number of rotatable bonds is 4. The third-order valence-electron chi connectivity index (χ3n) is 6.61. The quantitative estimate of drug-likeness (QED) is 0.189. The Morgan fingerprint density at radius 2 is 0.946 bits per heavy atom. The molecule has 0 N–H and O–H groups in total. The van der Waals surface area contributed by atoms with Crippen LogP contribution in [0.1, 0.15) is 31.9 Å². The van der Waals surface area contributed by atoms with Crippen molar-refractivity contribution in [1.29, 1.82) is 0 Å². The first-order valence-corrected chi connectivity index (χ1v) is 14.5. The minimum absolute atomic E-state index is 1.10. The van der Waals surface area contributed by atoms with Crippen LogP contribution in [0.2, 0.25) is 0 Å². The molecule has 0 fully saturated rings. The molecule has 6 aromatic carbocycles. The Balaban J connectivity index is 0.000000157. The molecule has 0 heterocycles. The number of fused-ring (bicyclic) bond motifs is 2. The first-order valence-electron chi connectivity index (χ1n) is 13.1. The van der Waals surface area contributed by atoms with Gasteiger partial charge in [0.15, 0.2) is 0 Å². The van der Waals surface area contributed by atoms with Crippen LogP contribution < -0.4 is 0 Å². The monoisotopic (exact) mass is 556 g/mol. The van der Waals surface area contributed by atoms with Crippen molar-refractivity contribution in [2.24, 2.45) is 0 Å². The Hall–Kier alpha value is -3.15. The van der Waals surface area contributed by atoms with Crippen LogP contribution >= 0.6 is 0 Å². The summed E-state index contributed by atoms with van der Waals surface area (Å²) in [5, 5.41) is 5.44. The summed E-state index contributed by atoms with van der Waals surface area (Å²) in [6.07, 6.45) is 2.20. The Morgan fingerprint density at radius 1 is 0.568 bits per heavy atom. The molecular weight excluding hydrogens is 524 g/mol. The molecule has 0 saturated carbocycles. The fraction of sp³-hybridized carbons (Fsp3) is 0.139. The van der Waals surface area contributed by atoms with E-state index in [1.54, 1.807) is 0 Å². The van der Waals surface area contributed by atoms with Gasteiger partial charge >= 0.3 is 34.9 Å². The van der Waals surface area contributed by atoms with Crippen LogP contribution in [0.25, 0.3) is 43.8 Å². The fourth-order valence-corrected chi connectivity index (χ4v) is 4.74. The van der Waals surface area contributed by atoms with Crippen molar-refractivity contribution in [1.82, 2.24) is 0 Å². The Labute approximate surface area is 236 Å². The Bertz CT molecular complexity index is 1430. The maximum atomic E-state index is 2.32. The van der Waals surface area contributed by atoms with E-state index in [1.165, 1.54) is 79.2 Å².